The Kier molecular flexibility index (Phi) is 6.36. The van der Waals surface area contributed by atoms with Crippen LogP contribution in [0.4, 0.5) is 5.69 Å². The number of carboxylic acid groups (broad SMARTS) is 1. The summed E-state index contributed by atoms with van der Waals surface area (Å²) in [5.74, 6) is -3.28. The minimum Gasteiger partial charge on any atom is -0.507 e. The molecule has 2 aromatic rings. The number of carbonyl (C=O) groups is 3. The summed E-state index contributed by atoms with van der Waals surface area (Å²) in [6.07, 6.45) is -0.125. The average Bonchev–Trinajstić information content (AvgIpc) is 2.98. The number of nitro benzene ring substituents is 1. The lowest BCUT2D eigenvalue weighted by molar-refractivity contribution is -0.384. The highest BCUT2D eigenvalue weighted by Gasteiger charge is 2.45. The molecule has 10 heteroatoms. The van der Waals surface area contributed by atoms with Crippen molar-refractivity contribution >= 4 is 40.7 Å². The number of rotatable bonds is 7. The Labute approximate surface area is 181 Å². The van der Waals surface area contributed by atoms with Crippen molar-refractivity contribution in [3.8, 4) is 0 Å². The number of likely N-dealkylation sites (tertiary alicyclic amines) is 1. The van der Waals surface area contributed by atoms with E-state index in [-0.39, 0.29) is 36.2 Å². The molecule has 0 aromatic heterocycles. The monoisotopic (exact) mass is 444 g/mol. The second-order valence-corrected chi connectivity index (χ2v) is 7.28. The highest BCUT2D eigenvalue weighted by Crippen LogP contribution is 2.40. The van der Waals surface area contributed by atoms with E-state index in [0.717, 1.165) is 0 Å². The van der Waals surface area contributed by atoms with Crippen molar-refractivity contribution < 1.29 is 29.5 Å². The number of Topliss-reactive ketones (excluding diaryl/α,β-unsaturated/α-hetero) is 1. The molecule has 1 heterocycles. The topological polar surface area (TPSA) is 138 Å². The summed E-state index contributed by atoms with van der Waals surface area (Å²) < 4.78 is 0. The van der Waals surface area contributed by atoms with Crippen molar-refractivity contribution in [2.75, 3.05) is 6.54 Å². The standard InChI is InChI=1S/C21H17ClN2O7/c22-14-7-3-13(4-8-14)19(27)17-18(12-5-9-15(10-6-12)24(30)31)23(21(29)20(17)28)11-1-2-16(25)26/h3-10,18,27H,1-2,11H2,(H,25,26)/b19-17+. The molecule has 0 saturated carbocycles. The van der Waals surface area contributed by atoms with Crippen molar-refractivity contribution in [3.05, 3.63) is 80.4 Å². The van der Waals surface area contributed by atoms with Crippen LogP contribution in [0.15, 0.2) is 54.1 Å². The van der Waals surface area contributed by atoms with Gasteiger partial charge < -0.3 is 15.1 Å². The molecule has 1 fully saturated rings. The van der Waals surface area contributed by atoms with Crippen LogP contribution >= 0.6 is 11.6 Å². The van der Waals surface area contributed by atoms with Crippen LogP contribution in [-0.4, -0.2) is 44.2 Å². The summed E-state index contributed by atoms with van der Waals surface area (Å²) in [5, 5.41) is 31.1. The highest BCUT2D eigenvalue weighted by molar-refractivity contribution is 6.46. The highest BCUT2D eigenvalue weighted by atomic mass is 35.5. The third-order valence-corrected chi connectivity index (χ3v) is 5.12. The number of amides is 1. The average molecular weight is 445 g/mol. The number of nitrogens with zero attached hydrogens (tertiary/aromatic N) is 2. The number of hydrogen-bond donors (Lipinski definition) is 2. The summed E-state index contributed by atoms with van der Waals surface area (Å²) in [7, 11) is 0. The minimum atomic E-state index is -1.05. The fraction of sp³-hybridized carbons (Fsp3) is 0.190. The van der Waals surface area contributed by atoms with Crippen LogP contribution in [0.5, 0.6) is 0 Å². The lowest BCUT2D eigenvalue weighted by Gasteiger charge is -2.25. The van der Waals surface area contributed by atoms with Gasteiger partial charge in [0.2, 0.25) is 0 Å². The molecular weight excluding hydrogens is 428 g/mol. The lowest BCUT2D eigenvalue weighted by atomic mass is 9.95. The van der Waals surface area contributed by atoms with E-state index in [1.54, 1.807) is 0 Å². The van der Waals surface area contributed by atoms with Crippen molar-refractivity contribution in [3.63, 3.8) is 0 Å². The first-order chi connectivity index (χ1) is 14.7. The van der Waals surface area contributed by atoms with Crippen LogP contribution in [0.1, 0.15) is 30.0 Å². The van der Waals surface area contributed by atoms with E-state index in [1.807, 2.05) is 0 Å². The van der Waals surface area contributed by atoms with E-state index < -0.39 is 34.4 Å². The number of nitro groups is 1. The first-order valence-electron chi connectivity index (χ1n) is 9.21. The van der Waals surface area contributed by atoms with Crippen molar-refractivity contribution in [1.29, 1.82) is 0 Å². The normalized spacial score (nSPS) is 17.7. The van der Waals surface area contributed by atoms with E-state index in [9.17, 15) is 29.6 Å². The van der Waals surface area contributed by atoms with Gasteiger partial charge in [0.05, 0.1) is 16.5 Å². The second-order valence-electron chi connectivity index (χ2n) is 6.85. The SMILES string of the molecule is O=C(O)CCCN1C(=O)C(=O)/C(=C(/O)c2ccc(Cl)cc2)C1c1ccc([N+](=O)[O-])cc1. The third-order valence-electron chi connectivity index (χ3n) is 4.87. The minimum absolute atomic E-state index is 0.0457. The van der Waals surface area contributed by atoms with Crippen LogP contribution in [-0.2, 0) is 14.4 Å². The van der Waals surface area contributed by atoms with E-state index in [2.05, 4.69) is 0 Å². The largest absolute Gasteiger partial charge is 0.507 e. The summed E-state index contributed by atoms with van der Waals surface area (Å²) >= 11 is 5.87. The first kappa shape index (κ1) is 22.0. The third kappa shape index (κ3) is 4.56. The number of carbonyl (C=O) groups excluding carboxylic acids is 2. The summed E-state index contributed by atoms with van der Waals surface area (Å²) in [6, 6.07) is 10.2. The Morgan fingerprint density at radius 1 is 1.06 bits per heavy atom. The number of non-ortho nitro benzene ring substituents is 1. The van der Waals surface area contributed by atoms with E-state index >= 15 is 0 Å². The zero-order chi connectivity index (χ0) is 22.7. The zero-order valence-corrected chi connectivity index (χ0v) is 16.8. The van der Waals surface area contributed by atoms with Gasteiger partial charge in [-0.25, -0.2) is 0 Å². The van der Waals surface area contributed by atoms with Crippen LogP contribution < -0.4 is 0 Å². The van der Waals surface area contributed by atoms with Gasteiger partial charge in [0.1, 0.15) is 5.76 Å². The lowest BCUT2D eigenvalue weighted by Crippen LogP contribution is -2.31. The molecule has 9 nitrogen and oxygen atoms in total. The zero-order valence-electron chi connectivity index (χ0n) is 16.0. The number of benzene rings is 2. The molecule has 160 valence electrons. The number of aliphatic hydroxyl groups excluding tert-OH is 1. The van der Waals surface area contributed by atoms with Crippen molar-refractivity contribution in [2.24, 2.45) is 0 Å². The van der Waals surface area contributed by atoms with Crippen LogP contribution in [0.2, 0.25) is 5.02 Å². The Morgan fingerprint density at radius 3 is 2.23 bits per heavy atom. The molecule has 1 aliphatic rings. The van der Waals surface area contributed by atoms with E-state index in [4.69, 9.17) is 16.7 Å². The molecule has 1 aliphatic heterocycles. The van der Waals surface area contributed by atoms with Gasteiger partial charge in [0.15, 0.2) is 0 Å². The molecule has 0 bridgehead atoms. The first-order valence-corrected chi connectivity index (χ1v) is 9.59. The number of halogens is 1. The van der Waals surface area contributed by atoms with Gasteiger partial charge >= 0.3 is 5.97 Å². The molecule has 31 heavy (non-hydrogen) atoms. The molecule has 1 atom stereocenters. The maximum Gasteiger partial charge on any atom is 0.303 e. The van der Waals surface area contributed by atoms with Crippen LogP contribution in [0.25, 0.3) is 5.76 Å². The fourth-order valence-corrected chi connectivity index (χ4v) is 3.53. The van der Waals surface area contributed by atoms with Crippen molar-refractivity contribution in [1.82, 2.24) is 4.90 Å². The molecule has 2 N–H and O–H groups in total. The summed E-state index contributed by atoms with van der Waals surface area (Å²) in [5.41, 5.74) is 0.274. The quantitative estimate of drug-likeness (QED) is 0.219. The van der Waals surface area contributed by atoms with Gasteiger partial charge in [-0.15, -0.1) is 0 Å². The van der Waals surface area contributed by atoms with Gasteiger partial charge in [0.25, 0.3) is 17.4 Å². The Morgan fingerprint density at radius 2 is 1.68 bits per heavy atom. The molecule has 0 radical (unpaired) electrons. The van der Waals surface area contributed by atoms with E-state index in [1.165, 1.54) is 53.4 Å². The Hall–Kier alpha value is -3.72. The van der Waals surface area contributed by atoms with Gasteiger partial charge in [-0.1, -0.05) is 11.6 Å². The fourth-order valence-electron chi connectivity index (χ4n) is 3.40. The van der Waals surface area contributed by atoms with Gasteiger partial charge in [0, 0.05) is 35.7 Å². The predicted molar refractivity (Wildman–Crippen MR) is 110 cm³/mol. The summed E-state index contributed by atoms with van der Waals surface area (Å²) in [6.45, 7) is -0.0457. The Bertz CT molecular complexity index is 1080. The van der Waals surface area contributed by atoms with Gasteiger partial charge in [-0.2, -0.15) is 0 Å². The van der Waals surface area contributed by atoms with Gasteiger partial charge in [-0.3, -0.25) is 24.5 Å². The Balaban J connectivity index is 2.10. The maximum atomic E-state index is 12.8. The molecule has 0 aliphatic carbocycles. The number of carboxylic acids is 1. The number of ketones is 1. The molecular formula is C21H17ClN2O7. The molecule has 3 rings (SSSR count). The van der Waals surface area contributed by atoms with Crippen molar-refractivity contribution in [2.45, 2.75) is 18.9 Å². The van der Waals surface area contributed by atoms with Crippen LogP contribution in [0, 0.1) is 10.1 Å². The molecule has 1 amide bonds. The predicted octanol–water partition coefficient (Wildman–Crippen LogP) is 3.53. The molecule has 0 spiro atoms. The number of aliphatic carboxylic acids is 1. The second kappa shape index (κ2) is 8.97. The molecule has 2 aromatic carbocycles. The smallest absolute Gasteiger partial charge is 0.303 e. The molecule has 1 unspecified atom stereocenters. The van der Waals surface area contributed by atoms with E-state index in [0.29, 0.717) is 10.6 Å². The number of hydrogen-bond acceptors (Lipinski definition) is 6. The maximum absolute atomic E-state index is 12.8. The molecule has 1 saturated heterocycles. The van der Waals surface area contributed by atoms with Crippen LogP contribution in [0.3, 0.4) is 0 Å². The number of aliphatic hydroxyl groups is 1. The summed E-state index contributed by atoms with van der Waals surface area (Å²) in [4.78, 5) is 47.9. The van der Waals surface area contributed by atoms with Gasteiger partial charge in [-0.05, 0) is 48.4 Å².